The van der Waals surface area contributed by atoms with Crippen molar-refractivity contribution in [1.82, 2.24) is 24.6 Å². The summed E-state index contributed by atoms with van der Waals surface area (Å²) < 4.78 is 2.81. The van der Waals surface area contributed by atoms with Gasteiger partial charge in [0.15, 0.2) is 0 Å². The molecule has 1 aromatic carbocycles. The third-order valence-electron chi connectivity index (χ3n) is 4.00. The molecule has 3 rings (SSSR count). The lowest BCUT2D eigenvalue weighted by atomic mass is 10.1. The maximum Gasteiger partial charge on any atom is 0.346 e. The molecule has 8 heteroatoms. The molecule has 0 aliphatic carbocycles. The van der Waals surface area contributed by atoms with Crippen LogP contribution in [0, 0.1) is 13.8 Å². The highest BCUT2D eigenvalue weighted by Crippen LogP contribution is 2.07. The molecule has 0 aliphatic rings. The van der Waals surface area contributed by atoms with Gasteiger partial charge in [-0.15, -0.1) is 11.3 Å². The Balaban J connectivity index is 1.60. The first kappa shape index (κ1) is 18.1. The second kappa shape index (κ2) is 8.09. The van der Waals surface area contributed by atoms with E-state index in [2.05, 4.69) is 15.4 Å². The summed E-state index contributed by atoms with van der Waals surface area (Å²) in [6, 6.07) is 9.96. The standard InChI is InChI=1S/C18H21N5O2S/c1-13-21-23(11-17(24)19-10-16-12-26-14(2)20-16)18(25)22(13)9-8-15-6-4-3-5-7-15/h3-7,12H,8-11H2,1-2H3,(H,19,24). The van der Waals surface area contributed by atoms with E-state index in [4.69, 9.17) is 0 Å². The van der Waals surface area contributed by atoms with Crippen molar-refractivity contribution in [3.63, 3.8) is 0 Å². The topological polar surface area (TPSA) is 81.8 Å². The van der Waals surface area contributed by atoms with Gasteiger partial charge in [-0.05, 0) is 25.8 Å². The lowest BCUT2D eigenvalue weighted by Gasteiger charge is -2.03. The van der Waals surface area contributed by atoms with Crippen molar-refractivity contribution in [1.29, 1.82) is 0 Å². The van der Waals surface area contributed by atoms with Gasteiger partial charge in [0, 0.05) is 11.9 Å². The fourth-order valence-corrected chi connectivity index (χ4v) is 3.28. The maximum atomic E-state index is 12.5. The van der Waals surface area contributed by atoms with E-state index in [1.54, 1.807) is 11.5 Å². The van der Waals surface area contributed by atoms with E-state index in [1.807, 2.05) is 42.6 Å². The van der Waals surface area contributed by atoms with Gasteiger partial charge in [0.25, 0.3) is 0 Å². The average Bonchev–Trinajstić information content (AvgIpc) is 3.16. The van der Waals surface area contributed by atoms with E-state index in [9.17, 15) is 9.59 Å². The molecule has 7 nitrogen and oxygen atoms in total. The monoisotopic (exact) mass is 371 g/mol. The largest absolute Gasteiger partial charge is 0.349 e. The van der Waals surface area contributed by atoms with E-state index in [1.165, 1.54) is 16.0 Å². The zero-order valence-corrected chi connectivity index (χ0v) is 15.6. The highest BCUT2D eigenvalue weighted by molar-refractivity contribution is 7.09. The number of carbonyl (C=O) groups excluding carboxylic acids is 1. The van der Waals surface area contributed by atoms with Crippen molar-refractivity contribution >= 4 is 17.2 Å². The number of nitrogens with one attached hydrogen (secondary N) is 1. The van der Waals surface area contributed by atoms with E-state index in [0.717, 1.165) is 22.7 Å². The van der Waals surface area contributed by atoms with Crippen LogP contribution in [0.3, 0.4) is 0 Å². The number of hydrogen-bond donors (Lipinski definition) is 1. The molecule has 0 atom stereocenters. The summed E-state index contributed by atoms with van der Waals surface area (Å²) in [4.78, 5) is 28.9. The number of aryl methyl sites for hydroxylation is 3. The Labute approximate surface area is 155 Å². The first-order chi connectivity index (χ1) is 12.5. The second-order valence-electron chi connectivity index (χ2n) is 6.01. The van der Waals surface area contributed by atoms with Crippen LogP contribution < -0.4 is 11.0 Å². The van der Waals surface area contributed by atoms with Crippen LogP contribution in [0.5, 0.6) is 0 Å². The first-order valence-corrected chi connectivity index (χ1v) is 9.27. The predicted octanol–water partition coefficient (Wildman–Crippen LogP) is 1.68. The van der Waals surface area contributed by atoms with E-state index in [0.29, 0.717) is 18.9 Å². The molecule has 0 saturated heterocycles. The van der Waals surface area contributed by atoms with Crippen LogP contribution in [0.25, 0.3) is 0 Å². The molecule has 26 heavy (non-hydrogen) atoms. The van der Waals surface area contributed by atoms with Gasteiger partial charge in [-0.2, -0.15) is 5.10 Å². The van der Waals surface area contributed by atoms with Gasteiger partial charge in [-0.3, -0.25) is 9.36 Å². The fraction of sp³-hybridized carbons (Fsp3) is 0.333. The normalized spacial score (nSPS) is 10.8. The number of carbonyl (C=O) groups is 1. The lowest BCUT2D eigenvalue weighted by molar-refractivity contribution is -0.122. The van der Waals surface area contributed by atoms with Crippen molar-refractivity contribution in [2.75, 3.05) is 0 Å². The van der Waals surface area contributed by atoms with Crippen molar-refractivity contribution in [3.05, 3.63) is 68.3 Å². The number of hydrogen-bond acceptors (Lipinski definition) is 5. The summed E-state index contributed by atoms with van der Waals surface area (Å²) in [6.45, 7) is 4.49. The van der Waals surface area contributed by atoms with Crippen molar-refractivity contribution < 1.29 is 4.79 Å². The third kappa shape index (κ3) is 4.45. The van der Waals surface area contributed by atoms with Gasteiger partial charge in [0.1, 0.15) is 12.4 Å². The van der Waals surface area contributed by atoms with Crippen molar-refractivity contribution in [2.24, 2.45) is 0 Å². The minimum Gasteiger partial charge on any atom is -0.349 e. The highest BCUT2D eigenvalue weighted by Gasteiger charge is 2.13. The number of nitrogens with zero attached hydrogens (tertiary/aromatic N) is 4. The van der Waals surface area contributed by atoms with Gasteiger partial charge in [-0.25, -0.2) is 14.5 Å². The van der Waals surface area contributed by atoms with Crippen LogP contribution in [0.15, 0.2) is 40.5 Å². The fourth-order valence-electron chi connectivity index (χ4n) is 2.67. The summed E-state index contributed by atoms with van der Waals surface area (Å²) in [5.74, 6) is 0.347. The molecule has 0 spiro atoms. The van der Waals surface area contributed by atoms with Crippen molar-refractivity contribution in [2.45, 2.75) is 39.9 Å². The number of benzene rings is 1. The van der Waals surface area contributed by atoms with Crippen LogP contribution in [-0.4, -0.2) is 25.2 Å². The molecule has 1 N–H and O–H groups in total. The quantitative estimate of drug-likeness (QED) is 0.685. The highest BCUT2D eigenvalue weighted by atomic mass is 32.1. The first-order valence-electron chi connectivity index (χ1n) is 8.39. The summed E-state index contributed by atoms with van der Waals surface area (Å²) in [7, 11) is 0. The molecular formula is C18H21N5O2S. The van der Waals surface area contributed by atoms with E-state index < -0.39 is 0 Å². The maximum absolute atomic E-state index is 12.5. The van der Waals surface area contributed by atoms with Gasteiger partial charge >= 0.3 is 5.69 Å². The van der Waals surface area contributed by atoms with Gasteiger partial charge < -0.3 is 5.32 Å². The number of aromatic nitrogens is 4. The van der Waals surface area contributed by atoms with Crippen molar-refractivity contribution in [3.8, 4) is 0 Å². The van der Waals surface area contributed by atoms with Crippen LogP contribution in [0.1, 0.15) is 22.1 Å². The molecule has 3 aromatic rings. The lowest BCUT2D eigenvalue weighted by Crippen LogP contribution is -2.33. The zero-order valence-electron chi connectivity index (χ0n) is 14.8. The summed E-state index contributed by atoms with van der Waals surface area (Å²) >= 11 is 1.54. The Morgan fingerprint density at radius 1 is 1.23 bits per heavy atom. The van der Waals surface area contributed by atoms with Gasteiger partial charge in [-0.1, -0.05) is 30.3 Å². The molecule has 0 aliphatic heterocycles. The predicted molar refractivity (Wildman–Crippen MR) is 100 cm³/mol. The second-order valence-corrected chi connectivity index (χ2v) is 7.07. The minimum atomic E-state index is -0.266. The molecule has 0 bridgehead atoms. The smallest absolute Gasteiger partial charge is 0.346 e. The molecule has 136 valence electrons. The number of rotatable bonds is 7. The Morgan fingerprint density at radius 3 is 2.69 bits per heavy atom. The Morgan fingerprint density at radius 2 is 2.00 bits per heavy atom. The molecule has 0 radical (unpaired) electrons. The SMILES string of the molecule is Cc1nc(CNC(=O)Cn2nc(C)n(CCc3ccccc3)c2=O)cs1. The molecule has 1 amide bonds. The van der Waals surface area contributed by atoms with Crippen LogP contribution in [0.2, 0.25) is 0 Å². The van der Waals surface area contributed by atoms with Gasteiger partial charge in [0.05, 0.1) is 17.2 Å². The van der Waals surface area contributed by atoms with Crippen LogP contribution in [0.4, 0.5) is 0 Å². The number of amides is 1. The molecule has 0 saturated carbocycles. The Hall–Kier alpha value is -2.74. The molecule has 2 aromatic heterocycles. The van der Waals surface area contributed by atoms with Crippen LogP contribution in [-0.2, 0) is 30.8 Å². The molecular weight excluding hydrogens is 350 g/mol. The average molecular weight is 371 g/mol. The Kier molecular flexibility index (Phi) is 5.62. The van der Waals surface area contributed by atoms with E-state index in [-0.39, 0.29) is 18.1 Å². The Bertz CT molecular complexity index is 942. The third-order valence-corrected chi connectivity index (χ3v) is 4.82. The molecule has 2 heterocycles. The van der Waals surface area contributed by atoms with Crippen LogP contribution >= 0.6 is 11.3 Å². The van der Waals surface area contributed by atoms with E-state index >= 15 is 0 Å². The van der Waals surface area contributed by atoms with Gasteiger partial charge in [0.2, 0.25) is 5.91 Å². The zero-order chi connectivity index (χ0) is 18.5. The summed E-state index contributed by atoms with van der Waals surface area (Å²) in [5, 5.41) is 9.85. The summed E-state index contributed by atoms with van der Waals surface area (Å²) in [5.41, 5.74) is 1.71. The summed E-state index contributed by atoms with van der Waals surface area (Å²) in [6.07, 6.45) is 0.739. The minimum absolute atomic E-state index is 0.0961. The molecule has 0 fully saturated rings. The molecule has 0 unspecified atom stereocenters. The number of thiazole rings is 1.